The Morgan fingerprint density at radius 1 is 1.24 bits per heavy atom. The molecule has 0 radical (unpaired) electrons. The summed E-state index contributed by atoms with van der Waals surface area (Å²) in [6, 6.07) is -0.337. The molecule has 0 aliphatic carbocycles. The second kappa shape index (κ2) is 15.7. The van der Waals surface area contributed by atoms with Gasteiger partial charge in [-0.1, -0.05) is 86.3 Å². The van der Waals surface area contributed by atoms with Crippen LogP contribution in [0.25, 0.3) is 6.08 Å². The maximum Gasteiger partial charge on any atom is 0.508 e. The molecule has 2 heterocycles. The van der Waals surface area contributed by atoms with Crippen LogP contribution >= 0.6 is 46.1 Å². The zero-order chi connectivity index (χ0) is 31.8. The molecule has 42 heavy (non-hydrogen) atoms. The van der Waals surface area contributed by atoms with Gasteiger partial charge >= 0.3 is 6.16 Å². The summed E-state index contributed by atoms with van der Waals surface area (Å²) < 4.78 is 8.70. The highest BCUT2D eigenvalue weighted by atomic mass is 35.6. The summed E-state index contributed by atoms with van der Waals surface area (Å²) in [4.78, 5) is 43.8. The third kappa shape index (κ3) is 11.3. The minimum atomic E-state index is -1.82. The molecule has 234 valence electrons. The number of halogens is 3. The first-order valence-corrected chi connectivity index (χ1v) is 15.8. The van der Waals surface area contributed by atoms with Gasteiger partial charge in [0, 0.05) is 5.38 Å². The standard InChI is InChI=1S/C30H41Cl3N2O6S/c1-17-9-8-10-18(2)26(41-28(39)40-16-30(31,32)33)20(4)27(38)29(6,7)24(36)14-25(37)35-23(12-11-17)19(3)13-22-15-42-21(5)34-22/h8-9,11,13,15,18,20,23-24,26,36H,10,12,14,16H2,1-7H3,(H,35,37)/b9-8?,17-11?,19-13+/t18-,20+,23-,24-,26-/m0/s1. The van der Waals surface area contributed by atoms with Crippen LogP contribution in [0, 0.1) is 24.2 Å². The molecule has 1 aromatic rings. The first kappa shape index (κ1) is 36.3. The zero-order valence-corrected chi connectivity index (χ0v) is 28.2. The van der Waals surface area contributed by atoms with Gasteiger partial charge in [-0.05, 0) is 51.2 Å². The summed E-state index contributed by atoms with van der Waals surface area (Å²) >= 11 is 18.6. The highest BCUT2D eigenvalue weighted by Crippen LogP contribution is 2.33. The Hall–Kier alpha value is -1.91. The topological polar surface area (TPSA) is 115 Å². The number of aliphatic hydroxyl groups is 1. The molecule has 1 aliphatic rings. The van der Waals surface area contributed by atoms with Crippen molar-refractivity contribution in [1.82, 2.24) is 10.3 Å². The number of nitrogens with one attached hydrogen (secondary N) is 1. The van der Waals surface area contributed by atoms with E-state index >= 15 is 0 Å². The van der Waals surface area contributed by atoms with Crippen LogP contribution in [0.1, 0.15) is 71.5 Å². The molecule has 12 heteroatoms. The van der Waals surface area contributed by atoms with Crippen LogP contribution in [0.3, 0.4) is 0 Å². The van der Waals surface area contributed by atoms with E-state index in [-0.39, 0.29) is 24.2 Å². The largest absolute Gasteiger partial charge is 0.508 e. The predicted octanol–water partition coefficient (Wildman–Crippen LogP) is 7.15. The maximum atomic E-state index is 13.7. The van der Waals surface area contributed by atoms with Crippen molar-refractivity contribution in [2.45, 2.75) is 89.8 Å². The minimum absolute atomic E-state index is 0.292. The van der Waals surface area contributed by atoms with Crippen LogP contribution in [-0.4, -0.2) is 56.6 Å². The number of thiazole rings is 1. The number of aliphatic hydroxyl groups excluding tert-OH is 1. The van der Waals surface area contributed by atoms with Crippen LogP contribution in [0.15, 0.2) is 34.8 Å². The number of allylic oxidation sites excluding steroid dienone is 3. The average Bonchev–Trinajstić information content (AvgIpc) is 3.30. The summed E-state index contributed by atoms with van der Waals surface area (Å²) in [5.41, 5.74) is 1.37. The van der Waals surface area contributed by atoms with Gasteiger partial charge in [0.2, 0.25) is 9.70 Å². The van der Waals surface area contributed by atoms with Gasteiger partial charge < -0.3 is 19.9 Å². The molecule has 8 nitrogen and oxygen atoms in total. The molecule has 0 aromatic carbocycles. The molecule has 0 spiro atoms. The van der Waals surface area contributed by atoms with E-state index in [4.69, 9.17) is 44.3 Å². The minimum Gasteiger partial charge on any atom is -0.430 e. The van der Waals surface area contributed by atoms with Crippen LogP contribution in [0.4, 0.5) is 4.79 Å². The lowest BCUT2D eigenvalue weighted by Gasteiger charge is -2.35. The number of ketones is 1. The van der Waals surface area contributed by atoms with Gasteiger partial charge in [-0.25, -0.2) is 9.78 Å². The molecule has 0 fully saturated rings. The van der Waals surface area contributed by atoms with Crippen LogP contribution < -0.4 is 5.32 Å². The molecule has 0 saturated heterocycles. The number of rotatable bonds is 4. The highest BCUT2D eigenvalue weighted by molar-refractivity contribution is 7.09. The first-order valence-electron chi connectivity index (χ1n) is 13.8. The number of aryl methyl sites for hydroxylation is 1. The van der Waals surface area contributed by atoms with E-state index in [1.807, 2.05) is 57.4 Å². The number of aromatic nitrogens is 1. The molecule has 2 N–H and O–H groups in total. The van der Waals surface area contributed by atoms with E-state index < -0.39 is 46.0 Å². The molecular weight excluding hydrogens is 623 g/mol. The first-order chi connectivity index (χ1) is 19.4. The summed E-state index contributed by atoms with van der Waals surface area (Å²) in [6.07, 6.45) is 5.28. The highest BCUT2D eigenvalue weighted by Gasteiger charge is 2.44. The quantitative estimate of drug-likeness (QED) is 0.260. The van der Waals surface area contributed by atoms with Crippen molar-refractivity contribution in [3.05, 3.63) is 45.5 Å². The summed E-state index contributed by atoms with van der Waals surface area (Å²) in [5, 5.41) is 17.0. The van der Waals surface area contributed by atoms with Crippen molar-refractivity contribution >= 4 is 70.1 Å². The lowest BCUT2D eigenvalue weighted by Crippen LogP contribution is -2.48. The zero-order valence-electron chi connectivity index (χ0n) is 25.1. The van der Waals surface area contributed by atoms with Gasteiger partial charge in [-0.3, -0.25) is 9.59 Å². The van der Waals surface area contributed by atoms with Crippen LogP contribution in [0.5, 0.6) is 0 Å². The van der Waals surface area contributed by atoms with Crippen LogP contribution in [0.2, 0.25) is 0 Å². The molecule has 0 bridgehead atoms. The Morgan fingerprint density at radius 3 is 2.50 bits per heavy atom. The molecule has 1 aliphatic heterocycles. The van der Waals surface area contributed by atoms with Gasteiger partial charge in [0.25, 0.3) is 0 Å². The third-order valence-corrected chi connectivity index (χ3v) is 8.48. The van der Waals surface area contributed by atoms with Crippen molar-refractivity contribution in [2.24, 2.45) is 17.3 Å². The Balaban J connectivity index is 2.40. The monoisotopic (exact) mass is 662 g/mol. The molecule has 2 rings (SSSR count). The summed E-state index contributed by atoms with van der Waals surface area (Å²) in [6.45, 7) is 11.9. The number of alkyl halides is 3. The Morgan fingerprint density at radius 2 is 1.90 bits per heavy atom. The second-order valence-corrected chi connectivity index (χ2v) is 15.0. The number of carbonyl (C=O) groups excluding carboxylic acids is 3. The fourth-order valence-corrected chi connectivity index (χ4v) is 5.43. The van der Waals surface area contributed by atoms with Gasteiger partial charge in [0.05, 0.1) is 40.6 Å². The Bertz CT molecular complexity index is 1200. The predicted molar refractivity (Wildman–Crippen MR) is 169 cm³/mol. The summed E-state index contributed by atoms with van der Waals surface area (Å²) in [5.74, 6) is -1.91. The number of hydrogen-bond donors (Lipinski definition) is 2. The fourth-order valence-electron chi connectivity index (χ4n) is 4.69. The SMILES string of the molecule is CC1=CC[C@@H](/C(C)=C/c2csc(C)n2)NC(=O)C[C@H](O)C(C)(C)C(=O)[C@H](C)[C@@H](OC(=O)OCC(Cl)(Cl)Cl)[C@@H](C)CC=C1. The van der Waals surface area contributed by atoms with Gasteiger partial charge in [0.1, 0.15) is 18.5 Å². The number of hydrogen-bond acceptors (Lipinski definition) is 8. The van der Waals surface area contributed by atoms with Gasteiger partial charge in [-0.2, -0.15) is 0 Å². The number of Topliss-reactive ketones (excluding diaryl/α,β-unsaturated/α-hetero) is 1. The van der Waals surface area contributed by atoms with E-state index in [1.165, 1.54) is 0 Å². The van der Waals surface area contributed by atoms with E-state index in [0.29, 0.717) is 12.8 Å². The van der Waals surface area contributed by atoms with Crippen molar-refractivity contribution < 1.29 is 29.0 Å². The van der Waals surface area contributed by atoms with E-state index in [1.54, 1.807) is 32.1 Å². The normalized spacial score (nSPS) is 26.8. The van der Waals surface area contributed by atoms with E-state index in [2.05, 4.69) is 10.3 Å². The summed E-state index contributed by atoms with van der Waals surface area (Å²) in [7, 11) is 0. The average molecular weight is 664 g/mol. The Kier molecular flexibility index (Phi) is 13.6. The maximum absolute atomic E-state index is 13.7. The molecule has 0 unspecified atom stereocenters. The lowest BCUT2D eigenvalue weighted by atomic mass is 9.73. The second-order valence-electron chi connectivity index (χ2n) is 11.4. The van der Waals surface area contributed by atoms with Crippen molar-refractivity contribution in [1.29, 1.82) is 0 Å². The molecular formula is C30H41Cl3N2O6S. The van der Waals surface area contributed by atoms with Crippen molar-refractivity contribution in [3.63, 3.8) is 0 Å². The van der Waals surface area contributed by atoms with Gasteiger partial charge in [0.15, 0.2) is 0 Å². The number of carbonyl (C=O) groups is 3. The van der Waals surface area contributed by atoms with E-state index in [9.17, 15) is 19.5 Å². The van der Waals surface area contributed by atoms with Crippen molar-refractivity contribution in [2.75, 3.05) is 6.61 Å². The number of nitrogens with zero attached hydrogens (tertiary/aromatic N) is 1. The Labute approximate surface area is 267 Å². The van der Waals surface area contributed by atoms with Crippen molar-refractivity contribution in [3.8, 4) is 0 Å². The third-order valence-electron chi connectivity index (χ3n) is 7.36. The number of amides is 1. The molecule has 5 atom stereocenters. The fraction of sp³-hybridized carbons (Fsp3) is 0.600. The number of ether oxygens (including phenoxy) is 2. The van der Waals surface area contributed by atoms with E-state index in [0.717, 1.165) is 21.8 Å². The molecule has 1 aromatic heterocycles. The van der Waals surface area contributed by atoms with Gasteiger partial charge in [-0.15, -0.1) is 11.3 Å². The smallest absolute Gasteiger partial charge is 0.430 e. The molecule has 1 amide bonds. The molecule has 0 saturated carbocycles. The lowest BCUT2D eigenvalue weighted by molar-refractivity contribution is -0.143. The van der Waals surface area contributed by atoms with Crippen LogP contribution in [-0.2, 0) is 19.1 Å².